The zero-order chi connectivity index (χ0) is 20.6. The molecule has 7 heteroatoms. The van der Waals surface area contributed by atoms with Crippen LogP contribution in [0.2, 0.25) is 0 Å². The highest BCUT2D eigenvalue weighted by Crippen LogP contribution is 2.44. The van der Waals surface area contributed by atoms with E-state index in [4.69, 9.17) is 18.9 Å². The first kappa shape index (κ1) is 20.3. The second-order valence-electron chi connectivity index (χ2n) is 7.75. The van der Waals surface area contributed by atoms with Gasteiger partial charge in [-0.1, -0.05) is 12.7 Å². The number of methoxy groups -OCH3 is 1. The molecule has 2 saturated heterocycles. The summed E-state index contributed by atoms with van der Waals surface area (Å²) in [6.07, 6.45) is 2.18. The van der Waals surface area contributed by atoms with Crippen molar-refractivity contribution in [3.05, 3.63) is 35.6 Å². The van der Waals surface area contributed by atoms with Gasteiger partial charge in [-0.3, -0.25) is 9.59 Å². The van der Waals surface area contributed by atoms with Crippen molar-refractivity contribution >= 4 is 17.7 Å². The maximum atomic E-state index is 12.6. The third kappa shape index (κ3) is 3.51. The lowest BCUT2D eigenvalue weighted by Gasteiger charge is -2.33. The fourth-order valence-electron chi connectivity index (χ4n) is 4.01. The average Bonchev–Trinajstić information content (AvgIpc) is 3.11. The molecule has 0 aromatic rings. The number of carbonyl (C=O) groups is 3. The summed E-state index contributed by atoms with van der Waals surface area (Å²) in [5.41, 5.74) is -0.169. The third-order valence-corrected chi connectivity index (χ3v) is 5.76. The molecule has 3 aliphatic rings. The number of hydrogen-bond donors (Lipinski definition) is 0. The normalized spacial score (nSPS) is 35.2. The Bertz CT molecular complexity index is 778. The lowest BCUT2D eigenvalue weighted by Crippen LogP contribution is -2.45. The Morgan fingerprint density at radius 2 is 2.14 bits per heavy atom. The molecular formula is C21H26O7. The molecule has 0 aromatic carbocycles. The van der Waals surface area contributed by atoms with Crippen molar-refractivity contribution < 1.29 is 33.3 Å². The number of carbonyl (C=O) groups excluding carboxylic acids is 3. The topological polar surface area (TPSA) is 88.1 Å². The summed E-state index contributed by atoms with van der Waals surface area (Å²) in [5.74, 6) is -1.77. The number of hydrogen-bond acceptors (Lipinski definition) is 7. The fourth-order valence-corrected chi connectivity index (χ4v) is 4.01. The predicted molar refractivity (Wildman–Crippen MR) is 99.0 cm³/mol. The zero-order valence-electron chi connectivity index (χ0n) is 16.7. The van der Waals surface area contributed by atoms with E-state index in [9.17, 15) is 14.4 Å². The highest BCUT2D eigenvalue weighted by molar-refractivity contribution is 6.00. The monoisotopic (exact) mass is 390 g/mol. The van der Waals surface area contributed by atoms with Crippen molar-refractivity contribution in [3.8, 4) is 0 Å². The molecule has 2 bridgehead atoms. The van der Waals surface area contributed by atoms with E-state index in [0.29, 0.717) is 23.3 Å². The third-order valence-electron chi connectivity index (χ3n) is 5.76. The lowest BCUT2D eigenvalue weighted by molar-refractivity contribution is -0.155. The maximum Gasteiger partial charge on any atom is 0.333 e. The van der Waals surface area contributed by atoms with Gasteiger partial charge >= 0.3 is 11.9 Å². The summed E-state index contributed by atoms with van der Waals surface area (Å²) in [7, 11) is 1.50. The Balaban J connectivity index is 2.03. The molecule has 3 heterocycles. The van der Waals surface area contributed by atoms with E-state index in [0.717, 1.165) is 0 Å². The van der Waals surface area contributed by atoms with E-state index in [2.05, 4.69) is 6.58 Å². The Kier molecular flexibility index (Phi) is 5.48. The standard InChI is InChI=1S/C21H26O7/c1-6-11(2)19(23)27-16-9-21(4)17(22)8-14(28-21)12(3)7-15-18(16)13(10-25-5)20(24)26-15/h6,8,13,15-16,18H,3,7,9-10H2,1-2,4-5H3/b11-6-. The molecule has 0 spiro atoms. The van der Waals surface area contributed by atoms with Gasteiger partial charge in [0.2, 0.25) is 5.78 Å². The average molecular weight is 390 g/mol. The molecule has 5 unspecified atom stereocenters. The maximum absolute atomic E-state index is 12.6. The summed E-state index contributed by atoms with van der Waals surface area (Å²) in [6.45, 7) is 9.19. The largest absolute Gasteiger partial charge is 0.479 e. The number of ketones is 1. The van der Waals surface area contributed by atoms with Crippen LogP contribution in [-0.2, 0) is 33.3 Å². The van der Waals surface area contributed by atoms with Crippen LogP contribution in [0.4, 0.5) is 0 Å². The molecule has 3 rings (SSSR count). The molecule has 3 aliphatic heterocycles. The molecule has 7 nitrogen and oxygen atoms in total. The second-order valence-corrected chi connectivity index (χ2v) is 7.75. The molecule has 2 fully saturated rings. The summed E-state index contributed by atoms with van der Waals surface area (Å²) in [5, 5.41) is 0. The van der Waals surface area contributed by atoms with E-state index in [1.54, 1.807) is 26.8 Å². The number of esters is 2. The van der Waals surface area contributed by atoms with Gasteiger partial charge in [-0.2, -0.15) is 0 Å². The highest BCUT2D eigenvalue weighted by Gasteiger charge is 2.55. The van der Waals surface area contributed by atoms with Crippen molar-refractivity contribution in [2.24, 2.45) is 11.8 Å². The second kappa shape index (κ2) is 7.54. The van der Waals surface area contributed by atoms with Crippen LogP contribution in [0.1, 0.15) is 33.6 Å². The first-order valence-corrected chi connectivity index (χ1v) is 9.36. The van der Waals surface area contributed by atoms with E-state index >= 15 is 0 Å². The van der Waals surface area contributed by atoms with E-state index in [1.807, 2.05) is 0 Å². The zero-order valence-corrected chi connectivity index (χ0v) is 16.7. The van der Waals surface area contributed by atoms with Crippen molar-refractivity contribution in [3.63, 3.8) is 0 Å². The van der Waals surface area contributed by atoms with Gasteiger partial charge in [0.1, 0.15) is 18.0 Å². The van der Waals surface area contributed by atoms with Gasteiger partial charge in [0.15, 0.2) is 5.60 Å². The fraction of sp³-hybridized carbons (Fsp3) is 0.571. The van der Waals surface area contributed by atoms with Crippen LogP contribution in [0.5, 0.6) is 0 Å². The van der Waals surface area contributed by atoms with E-state index in [1.165, 1.54) is 13.2 Å². The van der Waals surface area contributed by atoms with Crippen molar-refractivity contribution in [1.82, 2.24) is 0 Å². The minimum atomic E-state index is -1.19. The molecule has 28 heavy (non-hydrogen) atoms. The van der Waals surface area contributed by atoms with Gasteiger partial charge in [-0.25, -0.2) is 4.79 Å². The molecule has 0 aromatic heterocycles. The Hall–Kier alpha value is -2.41. The Morgan fingerprint density at radius 1 is 1.43 bits per heavy atom. The molecule has 0 N–H and O–H groups in total. The van der Waals surface area contributed by atoms with Crippen molar-refractivity contribution in [1.29, 1.82) is 0 Å². The first-order valence-electron chi connectivity index (χ1n) is 9.36. The molecule has 152 valence electrons. The van der Waals surface area contributed by atoms with Crippen LogP contribution in [0, 0.1) is 11.8 Å². The smallest absolute Gasteiger partial charge is 0.333 e. The van der Waals surface area contributed by atoms with Gasteiger partial charge in [0.25, 0.3) is 0 Å². The molecular weight excluding hydrogens is 364 g/mol. The van der Waals surface area contributed by atoms with Gasteiger partial charge < -0.3 is 18.9 Å². The summed E-state index contributed by atoms with van der Waals surface area (Å²) < 4.78 is 22.5. The summed E-state index contributed by atoms with van der Waals surface area (Å²) >= 11 is 0. The molecule has 0 aliphatic carbocycles. The lowest BCUT2D eigenvalue weighted by atomic mass is 9.78. The quantitative estimate of drug-likeness (QED) is 0.537. The SMILES string of the molecule is C=C1CC2OC(=O)C(COC)C2C(OC(=O)/C(C)=C\C)CC2(C)OC1=CC2=O. The minimum absolute atomic E-state index is 0.111. The van der Waals surface area contributed by atoms with Crippen LogP contribution < -0.4 is 0 Å². The number of allylic oxidation sites excluding steroid dienone is 2. The van der Waals surface area contributed by atoms with Crippen molar-refractivity contribution in [2.75, 3.05) is 13.7 Å². The Morgan fingerprint density at radius 3 is 2.79 bits per heavy atom. The molecule has 0 saturated carbocycles. The summed E-state index contributed by atoms with van der Waals surface area (Å²) in [6, 6.07) is 0. The number of fused-ring (bicyclic) bond motifs is 3. The highest BCUT2D eigenvalue weighted by atomic mass is 16.6. The van der Waals surface area contributed by atoms with E-state index < -0.39 is 41.6 Å². The molecule has 0 amide bonds. The number of rotatable bonds is 4. The van der Waals surface area contributed by atoms with Gasteiger partial charge in [0, 0.05) is 37.5 Å². The van der Waals surface area contributed by atoms with Crippen LogP contribution in [-0.4, -0.2) is 49.2 Å². The van der Waals surface area contributed by atoms with Gasteiger partial charge in [-0.05, 0) is 26.3 Å². The minimum Gasteiger partial charge on any atom is -0.479 e. The van der Waals surface area contributed by atoms with Crippen molar-refractivity contribution in [2.45, 2.75) is 51.4 Å². The predicted octanol–water partition coefficient (Wildman–Crippen LogP) is 2.26. The summed E-state index contributed by atoms with van der Waals surface area (Å²) in [4.78, 5) is 37.6. The van der Waals surface area contributed by atoms with Crippen LogP contribution >= 0.6 is 0 Å². The Labute approximate surface area is 164 Å². The van der Waals surface area contributed by atoms with Crippen LogP contribution in [0.3, 0.4) is 0 Å². The number of ether oxygens (including phenoxy) is 4. The van der Waals surface area contributed by atoms with Crippen LogP contribution in [0.15, 0.2) is 35.6 Å². The van der Waals surface area contributed by atoms with Crippen LogP contribution in [0.25, 0.3) is 0 Å². The molecule has 5 atom stereocenters. The van der Waals surface area contributed by atoms with Gasteiger partial charge in [0.05, 0.1) is 12.5 Å². The van der Waals surface area contributed by atoms with Gasteiger partial charge in [-0.15, -0.1) is 0 Å². The first-order chi connectivity index (χ1) is 13.2. The molecule has 0 radical (unpaired) electrons. The van der Waals surface area contributed by atoms with E-state index in [-0.39, 0.29) is 18.8 Å².